The van der Waals surface area contributed by atoms with Crippen LogP contribution in [0.5, 0.6) is 23.0 Å². The molecule has 0 bridgehead atoms. The molecule has 0 amide bonds. The first-order valence-electron chi connectivity index (χ1n) is 9.76. The van der Waals surface area contributed by atoms with Crippen LogP contribution < -0.4 is 18.9 Å². The Hall–Kier alpha value is -4.06. The Balaban J connectivity index is 1.57. The first-order valence-corrected chi connectivity index (χ1v) is 9.76. The molecule has 156 valence electrons. The number of fused-ring (bicyclic) bond motifs is 1. The monoisotopic (exact) mass is 416 g/mol. The standard InChI is InChI=1S/C25H20O6/c1-3-29-20-10-6-4-8-16(20)14-23-24(26)18-13-12-17(15-22(18)31-23)30-25(27)19-9-5-7-11-21(19)28-2/h4-15H,3H2,1-2H3/b23-14-. The van der Waals surface area contributed by atoms with Gasteiger partial charge in [0.25, 0.3) is 0 Å². The van der Waals surface area contributed by atoms with Crippen LogP contribution in [-0.4, -0.2) is 25.5 Å². The third-order valence-electron chi connectivity index (χ3n) is 4.68. The van der Waals surface area contributed by atoms with Crippen LogP contribution in [0.3, 0.4) is 0 Å². The van der Waals surface area contributed by atoms with Crippen LogP contribution in [0, 0.1) is 0 Å². The number of ketones is 1. The molecule has 6 nitrogen and oxygen atoms in total. The van der Waals surface area contributed by atoms with Crippen LogP contribution in [-0.2, 0) is 0 Å². The number of carbonyl (C=O) groups excluding carboxylic acids is 2. The maximum Gasteiger partial charge on any atom is 0.347 e. The Bertz CT molecular complexity index is 1180. The van der Waals surface area contributed by atoms with Gasteiger partial charge >= 0.3 is 5.97 Å². The van der Waals surface area contributed by atoms with E-state index >= 15 is 0 Å². The van der Waals surface area contributed by atoms with E-state index < -0.39 is 5.97 Å². The molecule has 0 atom stereocenters. The lowest BCUT2D eigenvalue weighted by Gasteiger charge is -2.09. The predicted molar refractivity (Wildman–Crippen MR) is 115 cm³/mol. The first kappa shape index (κ1) is 20.2. The summed E-state index contributed by atoms with van der Waals surface area (Å²) in [5.74, 6) is 1.03. The Morgan fingerprint density at radius 3 is 2.52 bits per heavy atom. The number of rotatable bonds is 6. The van der Waals surface area contributed by atoms with Crippen LogP contribution in [0.1, 0.15) is 33.2 Å². The van der Waals surface area contributed by atoms with Gasteiger partial charge in [0.15, 0.2) is 5.76 Å². The highest BCUT2D eigenvalue weighted by molar-refractivity contribution is 6.14. The summed E-state index contributed by atoms with van der Waals surface area (Å²) in [6, 6.07) is 18.8. The van der Waals surface area contributed by atoms with Crippen molar-refractivity contribution in [2.24, 2.45) is 0 Å². The van der Waals surface area contributed by atoms with Crippen molar-refractivity contribution in [1.29, 1.82) is 0 Å². The van der Waals surface area contributed by atoms with Crippen molar-refractivity contribution in [3.05, 3.63) is 89.2 Å². The van der Waals surface area contributed by atoms with E-state index in [0.29, 0.717) is 35.0 Å². The van der Waals surface area contributed by atoms with Crippen LogP contribution in [0.2, 0.25) is 0 Å². The second-order valence-corrected chi connectivity index (χ2v) is 6.66. The van der Waals surface area contributed by atoms with Crippen molar-refractivity contribution < 1.29 is 28.5 Å². The van der Waals surface area contributed by atoms with E-state index in [-0.39, 0.29) is 17.3 Å². The molecule has 1 aliphatic rings. The van der Waals surface area contributed by atoms with E-state index in [1.807, 2.05) is 31.2 Å². The average Bonchev–Trinajstić information content (AvgIpc) is 3.09. The highest BCUT2D eigenvalue weighted by atomic mass is 16.5. The SMILES string of the molecule is CCOc1ccccc1/C=C1\Oc2cc(OC(=O)c3ccccc3OC)ccc2C1=O. The maximum atomic E-state index is 12.8. The molecule has 3 aromatic carbocycles. The number of hydrogen-bond donors (Lipinski definition) is 0. The molecule has 0 saturated carbocycles. The molecule has 1 heterocycles. The third-order valence-corrected chi connectivity index (χ3v) is 4.68. The molecular weight excluding hydrogens is 396 g/mol. The molecule has 0 aromatic heterocycles. The van der Waals surface area contributed by atoms with Gasteiger partial charge in [0, 0.05) is 11.6 Å². The minimum atomic E-state index is -0.567. The number of hydrogen-bond acceptors (Lipinski definition) is 6. The smallest absolute Gasteiger partial charge is 0.347 e. The molecule has 0 radical (unpaired) electrons. The van der Waals surface area contributed by atoms with E-state index in [1.165, 1.54) is 13.2 Å². The largest absolute Gasteiger partial charge is 0.496 e. The second kappa shape index (κ2) is 8.75. The average molecular weight is 416 g/mol. The molecule has 0 aliphatic carbocycles. The van der Waals surface area contributed by atoms with E-state index in [9.17, 15) is 9.59 Å². The van der Waals surface area contributed by atoms with E-state index in [4.69, 9.17) is 18.9 Å². The Kier molecular flexibility index (Phi) is 5.71. The predicted octanol–water partition coefficient (Wildman–Crippen LogP) is 4.93. The number of benzene rings is 3. The molecule has 31 heavy (non-hydrogen) atoms. The van der Waals surface area contributed by atoms with Crippen LogP contribution in [0.25, 0.3) is 6.08 Å². The Morgan fingerprint density at radius 2 is 1.74 bits per heavy atom. The van der Waals surface area contributed by atoms with Gasteiger partial charge in [-0.3, -0.25) is 4.79 Å². The second-order valence-electron chi connectivity index (χ2n) is 6.66. The molecule has 0 spiro atoms. The number of methoxy groups -OCH3 is 1. The Labute approximate surface area is 179 Å². The fourth-order valence-corrected chi connectivity index (χ4v) is 3.23. The maximum absolute atomic E-state index is 12.8. The van der Waals surface area contributed by atoms with E-state index in [2.05, 4.69) is 0 Å². The molecule has 4 rings (SSSR count). The van der Waals surface area contributed by atoms with Crippen molar-refractivity contribution in [2.45, 2.75) is 6.92 Å². The van der Waals surface area contributed by atoms with Gasteiger partial charge in [-0.1, -0.05) is 30.3 Å². The molecular formula is C25H20O6. The summed E-state index contributed by atoms with van der Waals surface area (Å²) in [5.41, 5.74) is 1.44. The van der Waals surface area contributed by atoms with Gasteiger partial charge in [-0.2, -0.15) is 0 Å². The summed E-state index contributed by atoms with van der Waals surface area (Å²) in [4.78, 5) is 25.3. The van der Waals surface area contributed by atoms with Gasteiger partial charge < -0.3 is 18.9 Å². The normalized spacial score (nSPS) is 13.5. The highest BCUT2D eigenvalue weighted by Crippen LogP contribution is 2.36. The number of esters is 1. The van der Waals surface area contributed by atoms with Crippen molar-refractivity contribution in [2.75, 3.05) is 13.7 Å². The van der Waals surface area contributed by atoms with Gasteiger partial charge in [0.05, 0.1) is 19.3 Å². The quantitative estimate of drug-likeness (QED) is 0.322. The third kappa shape index (κ3) is 4.14. The van der Waals surface area contributed by atoms with Gasteiger partial charge in [-0.05, 0) is 43.3 Å². The number of allylic oxidation sites excluding steroid dienone is 1. The summed E-state index contributed by atoms with van der Waals surface area (Å²) in [6.45, 7) is 2.40. The number of carbonyl (C=O) groups is 2. The summed E-state index contributed by atoms with van der Waals surface area (Å²) in [7, 11) is 1.48. The lowest BCUT2D eigenvalue weighted by atomic mass is 10.1. The van der Waals surface area contributed by atoms with Gasteiger partial charge in [-0.25, -0.2) is 4.79 Å². The number of para-hydroxylation sites is 2. The highest BCUT2D eigenvalue weighted by Gasteiger charge is 2.28. The number of ether oxygens (including phenoxy) is 4. The fourth-order valence-electron chi connectivity index (χ4n) is 3.23. The molecule has 6 heteroatoms. The summed E-state index contributed by atoms with van der Waals surface area (Å²) in [6.07, 6.45) is 1.65. The molecule has 0 saturated heterocycles. The minimum Gasteiger partial charge on any atom is -0.496 e. The van der Waals surface area contributed by atoms with E-state index in [0.717, 1.165) is 5.56 Å². The molecule has 1 aliphatic heterocycles. The van der Waals surface area contributed by atoms with Crippen molar-refractivity contribution >= 4 is 17.8 Å². The minimum absolute atomic E-state index is 0.176. The fraction of sp³-hybridized carbons (Fsp3) is 0.120. The zero-order chi connectivity index (χ0) is 21.8. The van der Waals surface area contributed by atoms with E-state index in [1.54, 1.807) is 42.5 Å². The van der Waals surface area contributed by atoms with Crippen LogP contribution >= 0.6 is 0 Å². The van der Waals surface area contributed by atoms with Gasteiger partial charge in [-0.15, -0.1) is 0 Å². The summed E-state index contributed by atoms with van der Waals surface area (Å²) < 4.78 is 22.0. The van der Waals surface area contributed by atoms with Crippen molar-refractivity contribution in [1.82, 2.24) is 0 Å². The zero-order valence-electron chi connectivity index (χ0n) is 17.1. The zero-order valence-corrected chi connectivity index (χ0v) is 17.1. The van der Waals surface area contributed by atoms with Crippen molar-refractivity contribution in [3.63, 3.8) is 0 Å². The lowest BCUT2D eigenvalue weighted by Crippen LogP contribution is -2.10. The van der Waals surface area contributed by atoms with Gasteiger partial charge in [0.2, 0.25) is 5.78 Å². The van der Waals surface area contributed by atoms with Crippen LogP contribution in [0.4, 0.5) is 0 Å². The lowest BCUT2D eigenvalue weighted by molar-refractivity contribution is 0.0731. The van der Waals surface area contributed by atoms with Gasteiger partial charge in [0.1, 0.15) is 28.6 Å². The Morgan fingerprint density at radius 1 is 1.00 bits per heavy atom. The summed E-state index contributed by atoms with van der Waals surface area (Å²) in [5, 5.41) is 0. The number of Topliss-reactive ketones (excluding diaryl/α,β-unsaturated/α-hetero) is 1. The summed E-state index contributed by atoms with van der Waals surface area (Å²) >= 11 is 0. The van der Waals surface area contributed by atoms with Crippen molar-refractivity contribution in [3.8, 4) is 23.0 Å². The molecule has 3 aromatic rings. The molecule has 0 unspecified atom stereocenters. The van der Waals surface area contributed by atoms with Crippen LogP contribution in [0.15, 0.2) is 72.5 Å². The molecule has 0 N–H and O–H groups in total. The first-order chi connectivity index (χ1) is 15.1. The topological polar surface area (TPSA) is 71.1 Å². The molecule has 0 fully saturated rings.